The van der Waals surface area contributed by atoms with Crippen LogP contribution >= 0.6 is 16.7 Å². The molecule has 0 saturated carbocycles. The van der Waals surface area contributed by atoms with E-state index in [-0.39, 0.29) is 10.8 Å². The SMILES string of the molecule is CC(C)(C)c1cc(-c2ccccc2)c([Si](C)(C)c2pnc(C(C)(C)C)cc2-c2ccccc2)pn1. The van der Waals surface area contributed by atoms with Crippen LogP contribution in [0.1, 0.15) is 52.9 Å². The highest BCUT2D eigenvalue weighted by Crippen LogP contribution is 2.33. The lowest BCUT2D eigenvalue weighted by Crippen LogP contribution is -2.52. The van der Waals surface area contributed by atoms with Crippen molar-refractivity contribution in [3.63, 3.8) is 0 Å². The zero-order valence-electron chi connectivity index (χ0n) is 22.2. The van der Waals surface area contributed by atoms with Gasteiger partial charge in [0.05, 0.1) is 11.4 Å². The maximum absolute atomic E-state index is 5.11. The third-order valence-corrected chi connectivity index (χ3v) is 14.9. The van der Waals surface area contributed by atoms with Crippen LogP contribution in [0.2, 0.25) is 13.1 Å². The highest BCUT2D eigenvalue weighted by Gasteiger charge is 2.35. The van der Waals surface area contributed by atoms with Crippen molar-refractivity contribution < 1.29 is 0 Å². The maximum Gasteiger partial charge on any atom is 0.129 e. The summed E-state index contributed by atoms with van der Waals surface area (Å²) in [5, 5.41) is 0. The van der Waals surface area contributed by atoms with Crippen molar-refractivity contribution in [3.8, 4) is 22.3 Å². The Morgan fingerprint density at radius 2 is 0.914 bits per heavy atom. The van der Waals surface area contributed by atoms with Gasteiger partial charge in [-0.15, -0.1) is 0 Å². The van der Waals surface area contributed by atoms with Gasteiger partial charge in [-0.25, -0.2) is 9.49 Å². The summed E-state index contributed by atoms with van der Waals surface area (Å²) in [7, 11) is 0.0452. The highest BCUT2D eigenvalue weighted by molar-refractivity contribution is 7.46. The topological polar surface area (TPSA) is 25.8 Å². The van der Waals surface area contributed by atoms with E-state index < -0.39 is 8.07 Å². The second-order valence-electron chi connectivity index (χ2n) is 11.8. The molecule has 0 aliphatic rings. The van der Waals surface area contributed by atoms with Crippen molar-refractivity contribution >= 4 is 34.6 Å². The Kier molecular flexibility index (Phi) is 7.18. The van der Waals surface area contributed by atoms with E-state index in [9.17, 15) is 0 Å². The fourth-order valence-corrected chi connectivity index (χ4v) is 11.2. The van der Waals surface area contributed by atoms with Crippen molar-refractivity contribution in [1.82, 2.24) is 9.49 Å². The molecule has 2 aromatic carbocycles. The molecule has 180 valence electrons. The van der Waals surface area contributed by atoms with E-state index in [2.05, 4.69) is 127 Å². The Morgan fingerprint density at radius 1 is 0.571 bits per heavy atom. The predicted molar refractivity (Wildman–Crippen MR) is 159 cm³/mol. The Balaban J connectivity index is 1.98. The van der Waals surface area contributed by atoms with Gasteiger partial charge < -0.3 is 0 Å². The van der Waals surface area contributed by atoms with E-state index in [1.807, 2.05) is 0 Å². The van der Waals surface area contributed by atoms with Crippen LogP contribution in [-0.4, -0.2) is 17.6 Å². The van der Waals surface area contributed by atoms with Crippen LogP contribution in [0.25, 0.3) is 22.3 Å². The number of benzene rings is 2. The van der Waals surface area contributed by atoms with Crippen LogP contribution in [0.4, 0.5) is 0 Å². The molecule has 0 radical (unpaired) electrons. The van der Waals surface area contributed by atoms with Crippen molar-refractivity contribution in [3.05, 3.63) is 84.2 Å². The average molecular weight is 515 g/mol. The summed E-state index contributed by atoms with van der Waals surface area (Å²) in [6.07, 6.45) is 0. The molecule has 2 heterocycles. The Morgan fingerprint density at radius 3 is 1.23 bits per heavy atom. The zero-order chi connectivity index (χ0) is 25.4. The third-order valence-electron chi connectivity index (χ3n) is 6.48. The maximum atomic E-state index is 5.11. The van der Waals surface area contributed by atoms with Crippen molar-refractivity contribution in [2.75, 3.05) is 0 Å². The molecule has 2 nitrogen and oxygen atoms in total. The van der Waals surface area contributed by atoms with Gasteiger partial charge in [-0.3, -0.25) is 0 Å². The zero-order valence-corrected chi connectivity index (χ0v) is 25.0. The number of nitrogens with zero attached hydrogens (tertiary/aromatic N) is 2. The van der Waals surface area contributed by atoms with E-state index in [1.165, 1.54) is 43.5 Å². The van der Waals surface area contributed by atoms with Gasteiger partial charge in [0, 0.05) is 27.5 Å². The van der Waals surface area contributed by atoms with Crippen molar-refractivity contribution in [2.24, 2.45) is 0 Å². The van der Waals surface area contributed by atoms with Crippen molar-refractivity contribution in [2.45, 2.75) is 65.5 Å². The molecule has 0 atom stereocenters. The average Bonchev–Trinajstić information content (AvgIpc) is 2.83. The fraction of sp³-hybridized carbons (Fsp3) is 0.333. The molecule has 0 spiro atoms. The van der Waals surface area contributed by atoms with Crippen LogP contribution in [-0.2, 0) is 10.8 Å². The van der Waals surface area contributed by atoms with Crippen LogP contribution in [0.15, 0.2) is 72.8 Å². The summed E-state index contributed by atoms with van der Waals surface area (Å²) in [6, 6.07) is 26.4. The molecule has 35 heavy (non-hydrogen) atoms. The first-order valence-electron chi connectivity index (χ1n) is 12.3. The van der Waals surface area contributed by atoms with Crippen LogP contribution < -0.4 is 9.84 Å². The quantitative estimate of drug-likeness (QED) is 0.256. The first kappa shape index (κ1) is 25.9. The largest absolute Gasteiger partial charge is 0.232 e. The molecule has 0 amide bonds. The van der Waals surface area contributed by atoms with Crippen LogP contribution in [0.5, 0.6) is 0 Å². The first-order valence-corrected chi connectivity index (χ1v) is 17.0. The van der Waals surface area contributed by atoms with E-state index in [0.717, 1.165) is 16.7 Å². The Bertz CT molecular complexity index is 1220. The summed E-state index contributed by atoms with van der Waals surface area (Å²) in [6.45, 7) is 18.5. The van der Waals surface area contributed by atoms with Gasteiger partial charge in [0.1, 0.15) is 8.07 Å². The molecule has 5 heteroatoms. The lowest BCUT2D eigenvalue weighted by Gasteiger charge is -2.30. The lowest BCUT2D eigenvalue weighted by atomic mass is 9.91. The smallest absolute Gasteiger partial charge is 0.129 e. The normalized spacial score (nSPS) is 13.0. The van der Waals surface area contributed by atoms with E-state index in [4.69, 9.17) is 9.49 Å². The monoisotopic (exact) mass is 514 g/mol. The van der Waals surface area contributed by atoms with Gasteiger partial charge in [-0.05, 0) is 44.2 Å². The molecule has 0 saturated heterocycles. The highest BCUT2D eigenvalue weighted by atomic mass is 31.1. The Labute approximate surface area is 215 Å². The molecule has 0 unspecified atom stereocenters. The number of hydrogen-bond donors (Lipinski definition) is 0. The van der Waals surface area contributed by atoms with Gasteiger partial charge in [0.15, 0.2) is 0 Å². The van der Waals surface area contributed by atoms with Gasteiger partial charge in [-0.2, -0.15) is 0 Å². The molecule has 2 aromatic heterocycles. The second-order valence-corrected chi connectivity index (χ2v) is 18.6. The van der Waals surface area contributed by atoms with E-state index in [0.29, 0.717) is 0 Å². The standard InChI is InChI=1S/C30H36N2P2Si/c1-29(2,3)25-19-23(21-15-11-9-12-16-21)27(33-31-25)35(7,8)28-24(22-17-13-10-14-18-22)20-26(32-34-28)30(4,5)6/h9-20H,1-8H3. The third kappa shape index (κ3) is 5.48. The molecule has 0 aliphatic carbocycles. The van der Waals surface area contributed by atoms with E-state index in [1.54, 1.807) is 0 Å². The molecule has 4 aromatic rings. The number of aromatic nitrogens is 2. The predicted octanol–water partition coefficient (Wildman–Crippen LogP) is 8.39. The number of hydrogen-bond acceptors (Lipinski definition) is 2. The summed E-state index contributed by atoms with van der Waals surface area (Å²) in [5.41, 5.74) is 7.64. The summed E-state index contributed by atoms with van der Waals surface area (Å²) in [4.78, 5) is 2.94. The van der Waals surface area contributed by atoms with Crippen LogP contribution in [0.3, 0.4) is 0 Å². The van der Waals surface area contributed by atoms with Gasteiger partial charge >= 0.3 is 0 Å². The van der Waals surface area contributed by atoms with Crippen LogP contribution in [0, 0.1) is 0 Å². The summed E-state index contributed by atoms with van der Waals surface area (Å²) in [5.74, 6) is 0. The summed E-state index contributed by atoms with van der Waals surface area (Å²) < 4.78 is 10.2. The van der Waals surface area contributed by atoms with E-state index >= 15 is 0 Å². The minimum absolute atomic E-state index is 0.0154. The minimum Gasteiger partial charge on any atom is -0.232 e. The second kappa shape index (κ2) is 9.70. The number of rotatable bonds is 4. The first-order chi connectivity index (χ1) is 16.4. The molecule has 0 bridgehead atoms. The molecule has 0 fully saturated rings. The van der Waals surface area contributed by atoms with Gasteiger partial charge in [0.25, 0.3) is 0 Å². The molecule has 4 rings (SSSR count). The fourth-order valence-electron chi connectivity index (χ4n) is 4.23. The molecular weight excluding hydrogens is 478 g/mol. The Hall–Kier alpha value is -2.18. The molecular formula is C30H36N2P2Si. The van der Waals surface area contributed by atoms with Gasteiger partial charge in [-0.1, -0.05) is 115 Å². The summed E-state index contributed by atoms with van der Waals surface area (Å²) >= 11 is 0. The minimum atomic E-state index is -2.11. The van der Waals surface area contributed by atoms with Crippen molar-refractivity contribution in [1.29, 1.82) is 0 Å². The molecule has 0 aliphatic heterocycles. The lowest BCUT2D eigenvalue weighted by molar-refractivity contribution is 0.574. The van der Waals surface area contributed by atoms with Gasteiger partial charge in [0.2, 0.25) is 0 Å². The molecule has 0 N–H and O–H groups in total.